The zero-order valence-electron chi connectivity index (χ0n) is 11.1. The standard InChI is InChI=1S/C8H22O5Si3/c1-9-8(10-2)16(7)12-14(3,4)11-15(5,6)13-16/h8H,1-7H3. The van der Waals surface area contributed by atoms with E-state index in [0.29, 0.717) is 0 Å². The van der Waals surface area contributed by atoms with Crippen molar-refractivity contribution in [2.24, 2.45) is 0 Å². The molecule has 0 atom stereocenters. The van der Waals surface area contributed by atoms with Crippen LogP contribution in [0.15, 0.2) is 0 Å². The summed E-state index contributed by atoms with van der Waals surface area (Å²) >= 11 is 0. The van der Waals surface area contributed by atoms with Gasteiger partial charge in [0.1, 0.15) is 0 Å². The lowest BCUT2D eigenvalue weighted by molar-refractivity contribution is -0.0725. The zero-order valence-corrected chi connectivity index (χ0v) is 14.1. The monoisotopic (exact) mass is 282 g/mol. The van der Waals surface area contributed by atoms with Crippen LogP contribution in [0.2, 0.25) is 32.7 Å². The van der Waals surface area contributed by atoms with Gasteiger partial charge in [-0.15, -0.1) is 0 Å². The fraction of sp³-hybridized carbons (Fsp3) is 1.00. The zero-order chi connectivity index (χ0) is 12.6. The number of rotatable bonds is 3. The molecule has 0 unspecified atom stereocenters. The smallest absolute Gasteiger partial charge is 0.375 e. The first-order valence-electron chi connectivity index (χ1n) is 5.30. The van der Waals surface area contributed by atoms with E-state index in [1.807, 2.05) is 32.7 Å². The third kappa shape index (κ3) is 3.23. The molecule has 0 aromatic heterocycles. The molecule has 0 spiro atoms. The lowest BCUT2D eigenvalue weighted by Gasteiger charge is -2.49. The quantitative estimate of drug-likeness (QED) is 0.582. The summed E-state index contributed by atoms with van der Waals surface area (Å²) in [5.74, 6) is -0.407. The Hall–Kier alpha value is 0.451. The van der Waals surface area contributed by atoms with Crippen LogP contribution >= 0.6 is 0 Å². The molecule has 1 heterocycles. The van der Waals surface area contributed by atoms with Crippen LogP contribution in [0.3, 0.4) is 0 Å². The normalized spacial score (nSPS) is 27.0. The highest BCUT2D eigenvalue weighted by Gasteiger charge is 2.57. The van der Waals surface area contributed by atoms with Gasteiger partial charge < -0.3 is 21.8 Å². The summed E-state index contributed by atoms with van der Waals surface area (Å²) in [7, 11) is -3.50. The molecule has 16 heavy (non-hydrogen) atoms. The predicted octanol–water partition coefficient (Wildman–Crippen LogP) is 1.68. The molecule has 1 fully saturated rings. The minimum Gasteiger partial charge on any atom is -0.416 e. The third-order valence-electron chi connectivity index (χ3n) is 2.24. The second-order valence-corrected chi connectivity index (χ2v) is 15.5. The molecule has 0 aliphatic carbocycles. The molecule has 0 amide bonds. The van der Waals surface area contributed by atoms with E-state index in [-0.39, 0.29) is 0 Å². The largest absolute Gasteiger partial charge is 0.416 e. The number of hydrogen-bond acceptors (Lipinski definition) is 5. The Morgan fingerprint density at radius 2 is 1.12 bits per heavy atom. The molecule has 1 aliphatic rings. The van der Waals surface area contributed by atoms with E-state index in [0.717, 1.165) is 0 Å². The first-order valence-corrected chi connectivity index (χ1v) is 13.3. The summed E-state index contributed by atoms with van der Waals surface area (Å²) < 4.78 is 28.7. The van der Waals surface area contributed by atoms with Crippen molar-refractivity contribution >= 4 is 25.7 Å². The van der Waals surface area contributed by atoms with Crippen molar-refractivity contribution in [3.05, 3.63) is 0 Å². The van der Waals surface area contributed by atoms with Crippen molar-refractivity contribution < 1.29 is 21.8 Å². The highest BCUT2D eigenvalue weighted by Crippen LogP contribution is 2.33. The second kappa shape index (κ2) is 4.61. The molecule has 0 saturated carbocycles. The Morgan fingerprint density at radius 3 is 1.44 bits per heavy atom. The van der Waals surface area contributed by atoms with Gasteiger partial charge in [0.05, 0.1) is 0 Å². The summed E-state index contributed by atoms with van der Waals surface area (Å²) in [6, 6.07) is 0. The molecule has 1 aliphatic heterocycles. The molecule has 5 nitrogen and oxygen atoms in total. The van der Waals surface area contributed by atoms with Gasteiger partial charge in [0, 0.05) is 14.2 Å². The first-order chi connectivity index (χ1) is 7.14. The summed E-state index contributed by atoms with van der Waals surface area (Å²) in [5, 5.41) is 0. The van der Waals surface area contributed by atoms with Crippen LogP contribution in [0.25, 0.3) is 0 Å². The third-order valence-corrected chi connectivity index (χ3v) is 14.7. The highest BCUT2D eigenvalue weighted by molar-refractivity contribution is 6.93. The van der Waals surface area contributed by atoms with Gasteiger partial charge in [-0.1, -0.05) is 0 Å². The fourth-order valence-electron chi connectivity index (χ4n) is 2.25. The maximum absolute atomic E-state index is 6.06. The molecule has 1 rings (SSSR count). The molecule has 96 valence electrons. The van der Waals surface area contributed by atoms with Crippen molar-refractivity contribution in [2.75, 3.05) is 14.2 Å². The Labute approximate surface area is 101 Å². The number of methoxy groups -OCH3 is 2. The minimum atomic E-state index is -2.48. The lowest BCUT2D eigenvalue weighted by Crippen LogP contribution is -2.70. The maximum Gasteiger partial charge on any atom is 0.375 e. The summed E-state index contributed by atoms with van der Waals surface area (Å²) in [5.41, 5.74) is 0. The van der Waals surface area contributed by atoms with E-state index in [1.165, 1.54) is 0 Å². The number of ether oxygens (including phenoxy) is 2. The van der Waals surface area contributed by atoms with Gasteiger partial charge in [0.2, 0.25) is 0 Å². The summed E-state index contributed by atoms with van der Waals surface area (Å²) in [6.07, 6.45) is 0. The minimum absolute atomic E-state index is 0.407. The van der Waals surface area contributed by atoms with Crippen LogP contribution in [0.5, 0.6) is 0 Å². The molecule has 8 heteroatoms. The molecular weight excluding hydrogens is 260 g/mol. The first kappa shape index (κ1) is 14.5. The van der Waals surface area contributed by atoms with Crippen molar-refractivity contribution in [2.45, 2.75) is 38.6 Å². The Bertz CT molecular complexity index is 238. The van der Waals surface area contributed by atoms with Crippen molar-refractivity contribution in [3.8, 4) is 0 Å². The molecule has 0 aromatic carbocycles. The SMILES string of the molecule is COC(OC)[Si]1(C)O[Si](C)(C)O[Si](C)(C)O1. The molecule has 0 bridgehead atoms. The van der Waals surface area contributed by atoms with Crippen LogP contribution in [0.4, 0.5) is 0 Å². The average molecular weight is 283 g/mol. The Morgan fingerprint density at radius 1 is 0.750 bits per heavy atom. The Kier molecular flexibility index (Phi) is 4.18. The van der Waals surface area contributed by atoms with Gasteiger partial charge in [0.25, 0.3) is 0 Å². The maximum atomic E-state index is 6.06. The molecule has 1 saturated heterocycles. The Balaban J connectivity index is 2.95. The van der Waals surface area contributed by atoms with Gasteiger partial charge in [-0.3, -0.25) is 0 Å². The topological polar surface area (TPSA) is 46.2 Å². The van der Waals surface area contributed by atoms with Crippen molar-refractivity contribution in [1.29, 1.82) is 0 Å². The van der Waals surface area contributed by atoms with Crippen LogP contribution in [-0.2, 0) is 21.8 Å². The molecule has 0 N–H and O–H groups in total. The highest BCUT2D eigenvalue weighted by atomic mass is 28.5. The number of hydrogen-bond donors (Lipinski definition) is 0. The van der Waals surface area contributed by atoms with Crippen LogP contribution in [0.1, 0.15) is 0 Å². The predicted molar refractivity (Wildman–Crippen MR) is 67.6 cm³/mol. The van der Waals surface area contributed by atoms with Gasteiger partial charge >= 0.3 is 25.7 Å². The fourth-order valence-corrected chi connectivity index (χ4v) is 18.0. The van der Waals surface area contributed by atoms with E-state index in [9.17, 15) is 0 Å². The van der Waals surface area contributed by atoms with Gasteiger partial charge in [-0.25, -0.2) is 0 Å². The van der Waals surface area contributed by atoms with Crippen molar-refractivity contribution in [3.63, 3.8) is 0 Å². The van der Waals surface area contributed by atoms with Gasteiger partial charge in [-0.2, -0.15) is 0 Å². The van der Waals surface area contributed by atoms with Crippen LogP contribution < -0.4 is 0 Å². The average Bonchev–Trinajstić information content (AvgIpc) is 1.97. The second-order valence-electron chi connectivity index (χ2n) is 4.93. The van der Waals surface area contributed by atoms with Gasteiger partial charge in [-0.05, 0) is 32.7 Å². The van der Waals surface area contributed by atoms with E-state index in [2.05, 4.69) is 0 Å². The molecule has 0 radical (unpaired) electrons. The molecular formula is C8H22O5Si3. The van der Waals surface area contributed by atoms with E-state index in [4.69, 9.17) is 21.8 Å². The van der Waals surface area contributed by atoms with E-state index >= 15 is 0 Å². The van der Waals surface area contributed by atoms with Crippen LogP contribution in [0, 0.1) is 0 Å². The van der Waals surface area contributed by atoms with E-state index < -0.39 is 31.6 Å². The van der Waals surface area contributed by atoms with E-state index in [1.54, 1.807) is 14.2 Å². The van der Waals surface area contributed by atoms with Gasteiger partial charge in [0.15, 0.2) is 5.91 Å². The lowest BCUT2D eigenvalue weighted by atomic mass is 11.3. The summed E-state index contributed by atoms with van der Waals surface area (Å²) in [4.78, 5) is 0. The van der Waals surface area contributed by atoms with Crippen molar-refractivity contribution in [1.82, 2.24) is 0 Å². The molecule has 0 aromatic rings. The summed E-state index contributed by atoms with van der Waals surface area (Å²) in [6.45, 7) is 10.1. The van der Waals surface area contributed by atoms with Crippen LogP contribution in [-0.4, -0.2) is 45.8 Å².